The van der Waals surface area contributed by atoms with Gasteiger partial charge in [0.15, 0.2) is 11.6 Å². The Morgan fingerprint density at radius 3 is 2.48 bits per heavy atom. The fourth-order valence-electron chi connectivity index (χ4n) is 3.06. The molecule has 8 heteroatoms. The smallest absolute Gasteiger partial charge is 0.379 e. The highest BCUT2D eigenvalue weighted by atomic mass is 19.4. The highest BCUT2D eigenvalue weighted by Crippen LogP contribution is 2.35. The maximum absolute atomic E-state index is 12.9. The van der Waals surface area contributed by atoms with Gasteiger partial charge in [0.25, 0.3) is 0 Å². The number of hydrogen-bond acceptors (Lipinski definition) is 5. The van der Waals surface area contributed by atoms with Crippen molar-refractivity contribution in [3.63, 3.8) is 0 Å². The van der Waals surface area contributed by atoms with Gasteiger partial charge in [-0.25, -0.2) is 4.63 Å². The fraction of sp³-hybridized carbons (Fsp3) is 0.143. The van der Waals surface area contributed by atoms with Crippen LogP contribution in [0.25, 0.3) is 22.2 Å². The van der Waals surface area contributed by atoms with Gasteiger partial charge in [-0.2, -0.15) is 13.2 Å². The summed E-state index contributed by atoms with van der Waals surface area (Å²) < 4.78 is 43.4. The molecule has 5 nitrogen and oxygen atoms in total. The summed E-state index contributed by atoms with van der Waals surface area (Å²) >= 11 is 0. The molecule has 1 unspecified atom stereocenters. The van der Waals surface area contributed by atoms with E-state index in [4.69, 9.17) is 4.63 Å². The molecule has 0 bridgehead atoms. The third-order valence-corrected chi connectivity index (χ3v) is 4.53. The lowest BCUT2D eigenvalue weighted by Crippen LogP contribution is -2.20. The number of aliphatic hydroxyl groups excluding tert-OH is 1. The lowest BCUT2D eigenvalue weighted by Gasteiger charge is -2.16. The first-order chi connectivity index (χ1) is 13.9. The molecule has 0 aliphatic heterocycles. The lowest BCUT2D eigenvalue weighted by molar-refractivity contribution is -0.206. The van der Waals surface area contributed by atoms with E-state index in [9.17, 15) is 18.3 Å². The van der Waals surface area contributed by atoms with Crippen molar-refractivity contribution >= 4 is 16.7 Å². The molecule has 2 N–H and O–H groups in total. The Kier molecular flexibility index (Phi) is 4.94. The van der Waals surface area contributed by atoms with Crippen molar-refractivity contribution in [2.75, 3.05) is 5.32 Å². The summed E-state index contributed by atoms with van der Waals surface area (Å²) in [5, 5.41) is 20.6. The van der Waals surface area contributed by atoms with Gasteiger partial charge in [-0.05, 0) is 50.8 Å². The average molecular weight is 399 g/mol. The quantitative estimate of drug-likeness (QED) is 0.489. The number of aromatic nitrogens is 2. The van der Waals surface area contributed by atoms with E-state index in [0.29, 0.717) is 34.4 Å². The molecule has 1 heterocycles. The molecule has 29 heavy (non-hydrogen) atoms. The van der Waals surface area contributed by atoms with Gasteiger partial charge in [0.1, 0.15) is 5.52 Å². The second-order valence-electron chi connectivity index (χ2n) is 6.56. The van der Waals surface area contributed by atoms with Crippen molar-refractivity contribution in [3.8, 4) is 11.1 Å². The molecule has 1 atom stereocenters. The van der Waals surface area contributed by atoms with Crippen molar-refractivity contribution < 1.29 is 22.9 Å². The third kappa shape index (κ3) is 4.07. The highest BCUT2D eigenvalue weighted by Gasteiger charge is 2.39. The van der Waals surface area contributed by atoms with E-state index in [-0.39, 0.29) is 5.56 Å². The maximum Gasteiger partial charge on any atom is 0.418 e. The monoisotopic (exact) mass is 399 g/mol. The number of rotatable bonds is 5. The minimum absolute atomic E-state index is 0.229. The van der Waals surface area contributed by atoms with Crippen LogP contribution in [0.4, 0.5) is 18.9 Å². The summed E-state index contributed by atoms with van der Waals surface area (Å²) in [6.07, 6.45) is -7.28. The molecule has 1 aromatic heterocycles. The number of anilines is 1. The molecule has 0 saturated heterocycles. The summed E-state index contributed by atoms with van der Waals surface area (Å²) in [4.78, 5) is 0. The van der Waals surface area contributed by atoms with Crippen LogP contribution in [0.15, 0.2) is 71.4 Å². The Hall–Kier alpha value is -3.39. The van der Waals surface area contributed by atoms with Crippen LogP contribution >= 0.6 is 0 Å². The number of halogens is 3. The van der Waals surface area contributed by atoms with Gasteiger partial charge in [-0.3, -0.25) is 0 Å². The van der Waals surface area contributed by atoms with Crippen molar-refractivity contribution in [2.24, 2.45) is 0 Å². The first-order valence-corrected chi connectivity index (χ1v) is 8.81. The molecule has 0 fully saturated rings. The Morgan fingerprint density at radius 1 is 0.931 bits per heavy atom. The zero-order valence-corrected chi connectivity index (χ0v) is 15.0. The number of nitrogens with zero attached hydrogens (tertiary/aromatic N) is 2. The van der Waals surface area contributed by atoms with Crippen LogP contribution in [0.3, 0.4) is 0 Å². The summed E-state index contributed by atoms with van der Waals surface area (Å²) in [7, 11) is 0. The largest absolute Gasteiger partial charge is 0.418 e. The van der Waals surface area contributed by atoms with Crippen molar-refractivity contribution in [2.45, 2.75) is 18.8 Å². The van der Waals surface area contributed by atoms with Gasteiger partial charge in [-0.15, -0.1) is 0 Å². The van der Waals surface area contributed by atoms with E-state index in [2.05, 4.69) is 15.6 Å². The topological polar surface area (TPSA) is 71.2 Å². The van der Waals surface area contributed by atoms with E-state index in [1.807, 2.05) is 30.3 Å². The van der Waals surface area contributed by atoms with Crippen LogP contribution in [-0.4, -0.2) is 21.6 Å². The number of hydrogen-bond donors (Lipinski definition) is 2. The molecule has 148 valence electrons. The molecule has 0 aliphatic rings. The lowest BCUT2D eigenvalue weighted by atomic mass is 9.99. The Bertz CT molecular complexity index is 1130. The Morgan fingerprint density at radius 2 is 1.72 bits per heavy atom. The van der Waals surface area contributed by atoms with Gasteiger partial charge in [0, 0.05) is 6.54 Å². The number of aliphatic hydroxyl groups is 1. The highest BCUT2D eigenvalue weighted by molar-refractivity contribution is 5.92. The number of benzene rings is 3. The molecular formula is C21H16F3N3O2. The van der Waals surface area contributed by atoms with Crippen molar-refractivity contribution in [1.82, 2.24) is 10.3 Å². The van der Waals surface area contributed by atoms with Crippen molar-refractivity contribution in [1.29, 1.82) is 0 Å². The summed E-state index contributed by atoms with van der Waals surface area (Å²) in [6.45, 7) is 0.527. The fourth-order valence-corrected chi connectivity index (χ4v) is 3.06. The molecule has 4 rings (SSSR count). The predicted octanol–water partition coefficient (Wildman–Crippen LogP) is 5.10. The second-order valence-corrected chi connectivity index (χ2v) is 6.56. The number of alkyl halides is 3. The Balaban J connectivity index is 1.70. The van der Waals surface area contributed by atoms with Gasteiger partial charge in [0.05, 0.1) is 5.69 Å². The van der Waals surface area contributed by atoms with E-state index >= 15 is 0 Å². The van der Waals surface area contributed by atoms with Gasteiger partial charge in [0.2, 0.25) is 0 Å². The van der Waals surface area contributed by atoms with Crippen molar-refractivity contribution in [3.05, 3.63) is 77.9 Å². The minimum Gasteiger partial charge on any atom is -0.379 e. The van der Waals surface area contributed by atoms with Crippen LogP contribution in [-0.2, 0) is 6.54 Å². The summed E-state index contributed by atoms with van der Waals surface area (Å²) in [6, 6.07) is 18.9. The standard InChI is InChI=1S/C21H16F3N3O2/c22-21(23,24)20(28)15-8-4-7-14(9-15)16-10-17(19-18(11-16)26-29-27-19)25-12-13-5-2-1-3-6-13/h1-11,20,25,28H,12H2. The molecule has 0 spiro atoms. The molecule has 0 radical (unpaired) electrons. The van der Waals surface area contributed by atoms with E-state index < -0.39 is 12.3 Å². The zero-order valence-electron chi connectivity index (χ0n) is 15.0. The van der Waals surface area contributed by atoms with E-state index in [1.54, 1.807) is 18.2 Å². The summed E-state index contributed by atoms with van der Waals surface area (Å²) in [5.41, 5.74) is 3.60. The normalized spacial score (nSPS) is 12.8. The molecule has 4 aromatic rings. The van der Waals surface area contributed by atoms with Gasteiger partial charge < -0.3 is 10.4 Å². The van der Waals surface area contributed by atoms with Crippen LogP contribution in [0.2, 0.25) is 0 Å². The minimum atomic E-state index is -4.74. The SMILES string of the molecule is OC(c1cccc(-c2cc(NCc3ccccc3)c3nonc3c2)c1)C(F)(F)F. The molecule has 0 saturated carbocycles. The predicted molar refractivity (Wildman–Crippen MR) is 102 cm³/mol. The Labute approximate surface area is 163 Å². The number of fused-ring (bicyclic) bond motifs is 1. The molecular weight excluding hydrogens is 383 g/mol. The van der Waals surface area contributed by atoms with Crippen LogP contribution in [0.1, 0.15) is 17.2 Å². The first kappa shape index (κ1) is 18.9. The maximum atomic E-state index is 12.9. The second kappa shape index (κ2) is 7.56. The van der Waals surface area contributed by atoms with Crippen LogP contribution in [0.5, 0.6) is 0 Å². The molecule has 3 aromatic carbocycles. The molecule has 0 amide bonds. The number of nitrogens with one attached hydrogen (secondary N) is 1. The van der Waals surface area contributed by atoms with Gasteiger partial charge in [-0.1, -0.05) is 48.5 Å². The summed E-state index contributed by atoms with van der Waals surface area (Å²) in [5.74, 6) is 0. The molecule has 0 aliphatic carbocycles. The van der Waals surface area contributed by atoms with Gasteiger partial charge >= 0.3 is 6.18 Å². The first-order valence-electron chi connectivity index (χ1n) is 8.81. The van der Waals surface area contributed by atoms with Crippen LogP contribution < -0.4 is 5.32 Å². The zero-order chi connectivity index (χ0) is 20.4. The van der Waals surface area contributed by atoms with E-state index in [1.165, 1.54) is 18.2 Å². The van der Waals surface area contributed by atoms with E-state index in [0.717, 1.165) is 5.56 Å². The average Bonchev–Trinajstić information content (AvgIpc) is 3.20. The third-order valence-electron chi connectivity index (χ3n) is 4.53. The van der Waals surface area contributed by atoms with Crippen LogP contribution in [0, 0.1) is 0 Å².